The molecular formula is C17H22N2. The van der Waals surface area contributed by atoms with Crippen LogP contribution in [0.25, 0.3) is 0 Å². The summed E-state index contributed by atoms with van der Waals surface area (Å²) in [5.41, 5.74) is 5.12. The number of anilines is 1. The van der Waals surface area contributed by atoms with Crippen LogP contribution in [0.2, 0.25) is 0 Å². The molecule has 0 radical (unpaired) electrons. The molecule has 0 aromatic heterocycles. The van der Waals surface area contributed by atoms with E-state index in [2.05, 4.69) is 79.8 Å². The third-order valence-electron chi connectivity index (χ3n) is 3.07. The first-order valence-electron chi connectivity index (χ1n) is 6.66. The third kappa shape index (κ3) is 4.42. The topological polar surface area (TPSA) is 15.3 Å². The predicted octanol–water partition coefficient (Wildman–Crippen LogP) is 3.67. The van der Waals surface area contributed by atoms with Gasteiger partial charge in [0, 0.05) is 18.8 Å². The molecule has 2 rings (SSSR count). The van der Waals surface area contributed by atoms with Crippen molar-refractivity contribution in [2.45, 2.75) is 20.0 Å². The molecule has 0 heterocycles. The summed E-state index contributed by atoms with van der Waals surface area (Å²) in [6.07, 6.45) is 0. The molecule has 2 aromatic rings. The van der Waals surface area contributed by atoms with Crippen molar-refractivity contribution >= 4 is 5.69 Å². The molecule has 2 heteroatoms. The summed E-state index contributed by atoms with van der Waals surface area (Å²) in [7, 11) is 4.17. The molecular weight excluding hydrogens is 232 g/mol. The normalized spacial score (nSPS) is 10.7. The number of hydrogen-bond donors (Lipinski definition) is 1. The van der Waals surface area contributed by atoms with Crippen LogP contribution in [0.4, 0.5) is 5.69 Å². The van der Waals surface area contributed by atoms with E-state index in [-0.39, 0.29) is 0 Å². The van der Waals surface area contributed by atoms with Crippen molar-refractivity contribution in [3.8, 4) is 0 Å². The highest BCUT2D eigenvalue weighted by molar-refractivity contribution is 5.45. The minimum Gasteiger partial charge on any atom is -0.381 e. The molecule has 19 heavy (non-hydrogen) atoms. The molecule has 100 valence electrons. The lowest BCUT2D eigenvalue weighted by molar-refractivity contribution is 0.402. The summed E-state index contributed by atoms with van der Waals surface area (Å²) in [5.74, 6) is 0. The van der Waals surface area contributed by atoms with Gasteiger partial charge in [0.25, 0.3) is 0 Å². The number of nitrogens with one attached hydrogen (secondary N) is 1. The lowest BCUT2D eigenvalue weighted by atomic mass is 10.1. The average Bonchev–Trinajstić information content (AvgIpc) is 2.39. The SMILES string of the molecule is Cc1ccc(CNc2ccc(CN(C)C)cc2)cc1. The molecule has 0 saturated heterocycles. The standard InChI is InChI=1S/C17H22N2/c1-14-4-6-15(7-5-14)12-18-17-10-8-16(9-11-17)13-19(2)3/h4-11,18H,12-13H2,1-3H3. The molecule has 0 amide bonds. The first-order chi connectivity index (χ1) is 9.13. The van der Waals surface area contributed by atoms with Gasteiger partial charge in [0.1, 0.15) is 0 Å². The second-order valence-electron chi connectivity index (χ2n) is 5.27. The first kappa shape index (κ1) is 13.6. The highest BCUT2D eigenvalue weighted by Crippen LogP contribution is 2.12. The zero-order valence-corrected chi connectivity index (χ0v) is 12.0. The maximum absolute atomic E-state index is 3.45. The smallest absolute Gasteiger partial charge is 0.0400 e. The highest BCUT2D eigenvalue weighted by atomic mass is 15.0. The number of rotatable bonds is 5. The Morgan fingerprint density at radius 1 is 0.842 bits per heavy atom. The summed E-state index contributed by atoms with van der Waals surface area (Å²) in [4.78, 5) is 2.18. The molecule has 0 aliphatic carbocycles. The molecule has 0 aliphatic heterocycles. The van der Waals surface area contributed by atoms with E-state index in [1.54, 1.807) is 0 Å². The zero-order chi connectivity index (χ0) is 13.7. The van der Waals surface area contributed by atoms with Gasteiger partial charge in [-0.3, -0.25) is 0 Å². The Labute approximate surface area is 116 Å². The van der Waals surface area contributed by atoms with Gasteiger partial charge in [-0.1, -0.05) is 42.0 Å². The van der Waals surface area contributed by atoms with E-state index >= 15 is 0 Å². The quantitative estimate of drug-likeness (QED) is 0.876. The third-order valence-corrected chi connectivity index (χ3v) is 3.07. The molecule has 0 unspecified atom stereocenters. The highest BCUT2D eigenvalue weighted by Gasteiger charge is 1.97. The lowest BCUT2D eigenvalue weighted by Crippen LogP contribution is -2.10. The molecule has 1 N–H and O–H groups in total. The van der Waals surface area contributed by atoms with Crippen LogP contribution in [-0.4, -0.2) is 19.0 Å². The maximum atomic E-state index is 3.45. The first-order valence-corrected chi connectivity index (χ1v) is 6.66. The van der Waals surface area contributed by atoms with Crippen LogP contribution in [0.1, 0.15) is 16.7 Å². The van der Waals surface area contributed by atoms with Crippen molar-refractivity contribution in [2.24, 2.45) is 0 Å². The van der Waals surface area contributed by atoms with Crippen LogP contribution in [-0.2, 0) is 13.1 Å². The summed E-state index contributed by atoms with van der Waals surface area (Å²) < 4.78 is 0. The minimum absolute atomic E-state index is 0.868. The van der Waals surface area contributed by atoms with E-state index in [4.69, 9.17) is 0 Å². The molecule has 2 nitrogen and oxygen atoms in total. The predicted molar refractivity (Wildman–Crippen MR) is 82.3 cm³/mol. The second kappa shape index (κ2) is 6.39. The van der Waals surface area contributed by atoms with E-state index in [9.17, 15) is 0 Å². The molecule has 0 aliphatic rings. The van der Waals surface area contributed by atoms with Gasteiger partial charge in [-0.2, -0.15) is 0 Å². The molecule has 0 bridgehead atoms. The van der Waals surface area contributed by atoms with Crippen LogP contribution < -0.4 is 5.32 Å². The Bertz CT molecular complexity index is 498. The largest absolute Gasteiger partial charge is 0.381 e. The fraction of sp³-hybridized carbons (Fsp3) is 0.294. The maximum Gasteiger partial charge on any atom is 0.0400 e. The van der Waals surface area contributed by atoms with Gasteiger partial charge in [0.15, 0.2) is 0 Å². The molecule has 0 atom stereocenters. The number of nitrogens with zero attached hydrogens (tertiary/aromatic N) is 1. The van der Waals surface area contributed by atoms with Crippen LogP contribution in [0.5, 0.6) is 0 Å². The number of aryl methyl sites for hydroxylation is 1. The van der Waals surface area contributed by atoms with E-state index in [1.807, 2.05) is 0 Å². The van der Waals surface area contributed by atoms with Crippen molar-refractivity contribution in [2.75, 3.05) is 19.4 Å². The number of hydrogen-bond acceptors (Lipinski definition) is 2. The van der Waals surface area contributed by atoms with Crippen LogP contribution in [0.15, 0.2) is 48.5 Å². The molecule has 0 saturated carbocycles. The van der Waals surface area contributed by atoms with Crippen LogP contribution in [0.3, 0.4) is 0 Å². The van der Waals surface area contributed by atoms with E-state index < -0.39 is 0 Å². The Balaban J connectivity index is 1.91. The van der Waals surface area contributed by atoms with Gasteiger partial charge >= 0.3 is 0 Å². The second-order valence-corrected chi connectivity index (χ2v) is 5.27. The van der Waals surface area contributed by atoms with Gasteiger partial charge in [-0.25, -0.2) is 0 Å². The fourth-order valence-electron chi connectivity index (χ4n) is 2.00. The van der Waals surface area contributed by atoms with E-state index in [0.717, 1.165) is 13.1 Å². The molecule has 0 spiro atoms. The van der Waals surface area contributed by atoms with E-state index in [1.165, 1.54) is 22.4 Å². The molecule has 0 fully saturated rings. The summed E-state index contributed by atoms with van der Waals surface area (Å²) >= 11 is 0. The fourth-order valence-corrected chi connectivity index (χ4v) is 2.00. The zero-order valence-electron chi connectivity index (χ0n) is 12.0. The Morgan fingerprint density at radius 2 is 1.42 bits per heavy atom. The average molecular weight is 254 g/mol. The van der Waals surface area contributed by atoms with Crippen molar-refractivity contribution in [1.82, 2.24) is 4.90 Å². The van der Waals surface area contributed by atoms with Crippen molar-refractivity contribution < 1.29 is 0 Å². The van der Waals surface area contributed by atoms with E-state index in [0.29, 0.717) is 0 Å². The monoisotopic (exact) mass is 254 g/mol. The Hall–Kier alpha value is -1.80. The van der Waals surface area contributed by atoms with Crippen LogP contribution in [0, 0.1) is 6.92 Å². The Kier molecular flexibility index (Phi) is 4.58. The summed E-state index contributed by atoms with van der Waals surface area (Å²) in [5, 5.41) is 3.45. The summed E-state index contributed by atoms with van der Waals surface area (Å²) in [6.45, 7) is 3.96. The van der Waals surface area contributed by atoms with Crippen molar-refractivity contribution in [3.63, 3.8) is 0 Å². The lowest BCUT2D eigenvalue weighted by Gasteiger charge is -2.11. The van der Waals surface area contributed by atoms with Crippen molar-refractivity contribution in [1.29, 1.82) is 0 Å². The van der Waals surface area contributed by atoms with Gasteiger partial charge in [0.2, 0.25) is 0 Å². The Morgan fingerprint density at radius 3 is 2.00 bits per heavy atom. The van der Waals surface area contributed by atoms with Gasteiger partial charge < -0.3 is 10.2 Å². The van der Waals surface area contributed by atoms with Crippen molar-refractivity contribution in [3.05, 3.63) is 65.2 Å². The molecule has 2 aromatic carbocycles. The van der Waals surface area contributed by atoms with Gasteiger partial charge in [0.05, 0.1) is 0 Å². The number of benzene rings is 2. The van der Waals surface area contributed by atoms with Gasteiger partial charge in [-0.05, 0) is 44.3 Å². The van der Waals surface area contributed by atoms with Crippen LogP contribution >= 0.6 is 0 Å². The van der Waals surface area contributed by atoms with Gasteiger partial charge in [-0.15, -0.1) is 0 Å². The summed E-state index contributed by atoms with van der Waals surface area (Å²) in [6, 6.07) is 17.3. The minimum atomic E-state index is 0.868.